The second kappa shape index (κ2) is 7.65. The van der Waals surface area contributed by atoms with Crippen LogP contribution in [0.1, 0.15) is 27.0 Å². The number of nitriles is 1. The van der Waals surface area contributed by atoms with Crippen LogP contribution in [0.3, 0.4) is 0 Å². The Hall–Kier alpha value is -3.84. The van der Waals surface area contributed by atoms with E-state index in [2.05, 4.69) is 6.07 Å². The third-order valence-corrected chi connectivity index (χ3v) is 5.26. The largest absolute Gasteiger partial charge is 0.497 e. The molecule has 0 radical (unpaired) electrons. The lowest BCUT2D eigenvalue weighted by atomic mass is 9.79. The Bertz CT molecular complexity index is 1100. The molecule has 0 saturated carbocycles. The quantitative estimate of drug-likeness (QED) is 0.654. The van der Waals surface area contributed by atoms with Crippen molar-refractivity contribution in [2.24, 2.45) is 0 Å². The summed E-state index contributed by atoms with van der Waals surface area (Å²) >= 11 is 0. The van der Waals surface area contributed by atoms with Crippen molar-refractivity contribution in [2.45, 2.75) is 12.0 Å². The highest BCUT2D eigenvalue weighted by Crippen LogP contribution is 2.39. The number of fused-ring (bicyclic) bond motifs is 1. The Kier molecular flexibility index (Phi) is 4.88. The van der Waals surface area contributed by atoms with Crippen LogP contribution in [0.25, 0.3) is 6.08 Å². The first-order valence-corrected chi connectivity index (χ1v) is 9.38. The molecule has 1 unspecified atom stereocenters. The van der Waals surface area contributed by atoms with Crippen LogP contribution in [0.15, 0.2) is 85.1 Å². The lowest BCUT2D eigenvalue weighted by Gasteiger charge is -2.40. The predicted molar refractivity (Wildman–Crippen MR) is 112 cm³/mol. The van der Waals surface area contributed by atoms with Crippen LogP contribution in [0.4, 0.5) is 0 Å². The third-order valence-electron chi connectivity index (χ3n) is 5.26. The summed E-state index contributed by atoms with van der Waals surface area (Å²) in [5.41, 5.74) is 2.14. The van der Waals surface area contributed by atoms with Gasteiger partial charge in [0, 0.05) is 18.2 Å². The van der Waals surface area contributed by atoms with Gasteiger partial charge in [-0.05, 0) is 47.0 Å². The Morgan fingerprint density at radius 3 is 2.38 bits per heavy atom. The third kappa shape index (κ3) is 3.28. The molecule has 4 rings (SSSR count). The maximum absolute atomic E-state index is 13.5. The fraction of sp³-hybridized carbons (Fsp3) is 0.120. The van der Waals surface area contributed by atoms with Gasteiger partial charge < -0.3 is 4.74 Å². The summed E-state index contributed by atoms with van der Waals surface area (Å²) in [7, 11) is 1.59. The standard InChI is InChI=1S/C25H20N2O2/c1-29-22-13-11-21(12-14-22)24(28)27-16-15-20-9-5-6-10-23(20)25(27,18-26)17-19-7-3-2-4-8-19/h2-16H,17H2,1H3. The molecule has 0 spiro atoms. The van der Waals surface area contributed by atoms with E-state index < -0.39 is 5.54 Å². The van der Waals surface area contributed by atoms with Crippen molar-refractivity contribution in [3.05, 3.63) is 107 Å². The molecule has 3 aromatic carbocycles. The molecular formula is C25H20N2O2. The zero-order valence-corrected chi connectivity index (χ0v) is 16.1. The average Bonchev–Trinajstić information content (AvgIpc) is 2.79. The van der Waals surface area contributed by atoms with Crippen LogP contribution >= 0.6 is 0 Å². The first-order chi connectivity index (χ1) is 14.2. The van der Waals surface area contributed by atoms with Crippen molar-refractivity contribution in [3.8, 4) is 11.8 Å². The Morgan fingerprint density at radius 1 is 1.00 bits per heavy atom. The van der Waals surface area contributed by atoms with Gasteiger partial charge in [-0.2, -0.15) is 5.26 Å². The molecule has 1 atom stereocenters. The van der Waals surface area contributed by atoms with Crippen molar-refractivity contribution in [3.63, 3.8) is 0 Å². The number of carbonyl (C=O) groups excluding carboxylic acids is 1. The van der Waals surface area contributed by atoms with Gasteiger partial charge in [0.05, 0.1) is 13.2 Å². The van der Waals surface area contributed by atoms with Gasteiger partial charge in [0.15, 0.2) is 5.54 Å². The molecule has 1 aliphatic rings. The number of carbonyl (C=O) groups is 1. The van der Waals surface area contributed by atoms with E-state index in [0.717, 1.165) is 16.7 Å². The molecule has 4 heteroatoms. The number of ether oxygens (including phenoxy) is 1. The second-order valence-corrected chi connectivity index (χ2v) is 6.94. The SMILES string of the molecule is COc1ccc(C(=O)N2C=Cc3ccccc3C2(C#N)Cc2ccccc2)cc1. The molecule has 0 N–H and O–H groups in total. The minimum absolute atomic E-state index is 0.226. The van der Waals surface area contributed by atoms with Crippen molar-refractivity contribution in [1.29, 1.82) is 5.26 Å². The number of benzene rings is 3. The molecule has 1 aliphatic heterocycles. The molecule has 4 nitrogen and oxygen atoms in total. The molecule has 142 valence electrons. The Morgan fingerprint density at radius 2 is 1.69 bits per heavy atom. The van der Waals surface area contributed by atoms with E-state index in [-0.39, 0.29) is 5.91 Å². The van der Waals surface area contributed by atoms with Gasteiger partial charge in [-0.3, -0.25) is 9.69 Å². The first-order valence-electron chi connectivity index (χ1n) is 9.38. The average molecular weight is 380 g/mol. The van der Waals surface area contributed by atoms with Crippen LogP contribution in [-0.4, -0.2) is 17.9 Å². The molecule has 0 fully saturated rings. The lowest BCUT2D eigenvalue weighted by Crippen LogP contribution is -2.49. The fourth-order valence-electron chi connectivity index (χ4n) is 3.77. The van der Waals surface area contributed by atoms with Crippen LogP contribution in [0.5, 0.6) is 5.75 Å². The summed E-state index contributed by atoms with van der Waals surface area (Å²) in [6.45, 7) is 0. The molecule has 0 bridgehead atoms. The molecular weight excluding hydrogens is 360 g/mol. The van der Waals surface area contributed by atoms with Crippen LogP contribution in [-0.2, 0) is 12.0 Å². The molecule has 0 aromatic heterocycles. The number of methoxy groups -OCH3 is 1. The summed E-state index contributed by atoms with van der Waals surface area (Å²) in [5, 5.41) is 10.4. The number of rotatable bonds is 4. The zero-order valence-electron chi connectivity index (χ0n) is 16.1. The minimum Gasteiger partial charge on any atom is -0.497 e. The topological polar surface area (TPSA) is 53.3 Å². The van der Waals surface area contributed by atoms with Crippen molar-refractivity contribution < 1.29 is 9.53 Å². The van der Waals surface area contributed by atoms with E-state index in [9.17, 15) is 10.1 Å². The molecule has 1 heterocycles. The minimum atomic E-state index is -1.14. The highest BCUT2D eigenvalue weighted by Gasteiger charge is 2.44. The van der Waals surface area contributed by atoms with Gasteiger partial charge >= 0.3 is 0 Å². The molecule has 3 aromatic rings. The van der Waals surface area contributed by atoms with Gasteiger partial charge in [0.1, 0.15) is 5.75 Å². The molecule has 1 amide bonds. The normalized spacial score (nSPS) is 17.3. The van der Waals surface area contributed by atoms with E-state index in [1.807, 2.05) is 60.7 Å². The molecule has 0 saturated heterocycles. The van der Waals surface area contributed by atoms with E-state index in [4.69, 9.17) is 4.74 Å². The number of hydrogen-bond donors (Lipinski definition) is 0. The van der Waals surface area contributed by atoms with Crippen molar-refractivity contribution in [1.82, 2.24) is 4.90 Å². The van der Waals surface area contributed by atoms with E-state index in [0.29, 0.717) is 17.7 Å². The maximum Gasteiger partial charge on any atom is 0.259 e. The van der Waals surface area contributed by atoms with Crippen LogP contribution in [0, 0.1) is 11.3 Å². The van der Waals surface area contributed by atoms with E-state index in [1.165, 1.54) is 0 Å². The summed E-state index contributed by atoms with van der Waals surface area (Å²) in [5.74, 6) is 0.452. The first kappa shape index (κ1) is 18.5. The van der Waals surface area contributed by atoms with Gasteiger partial charge in [0.25, 0.3) is 5.91 Å². The second-order valence-electron chi connectivity index (χ2n) is 6.94. The van der Waals surface area contributed by atoms with Gasteiger partial charge in [-0.1, -0.05) is 54.6 Å². The zero-order chi connectivity index (χ0) is 20.3. The maximum atomic E-state index is 13.5. The Labute approximate surface area is 170 Å². The highest BCUT2D eigenvalue weighted by molar-refractivity contribution is 5.97. The summed E-state index contributed by atoms with van der Waals surface area (Å²) in [4.78, 5) is 15.0. The van der Waals surface area contributed by atoms with E-state index in [1.54, 1.807) is 42.5 Å². The summed E-state index contributed by atoms with van der Waals surface area (Å²) < 4.78 is 5.19. The Balaban J connectivity index is 1.82. The smallest absolute Gasteiger partial charge is 0.259 e. The fourth-order valence-corrected chi connectivity index (χ4v) is 3.77. The van der Waals surface area contributed by atoms with Crippen molar-refractivity contribution >= 4 is 12.0 Å². The monoisotopic (exact) mass is 380 g/mol. The van der Waals surface area contributed by atoms with Crippen molar-refractivity contribution in [2.75, 3.05) is 7.11 Å². The molecule has 29 heavy (non-hydrogen) atoms. The van der Waals surface area contributed by atoms with Crippen LogP contribution in [0.2, 0.25) is 0 Å². The summed E-state index contributed by atoms with van der Waals surface area (Å²) in [6, 6.07) is 27.0. The van der Waals surface area contributed by atoms with Gasteiger partial charge in [-0.25, -0.2) is 0 Å². The number of amides is 1. The highest BCUT2D eigenvalue weighted by atomic mass is 16.5. The predicted octanol–water partition coefficient (Wildman–Crippen LogP) is 4.78. The van der Waals surface area contributed by atoms with E-state index >= 15 is 0 Å². The number of hydrogen-bond acceptors (Lipinski definition) is 3. The lowest BCUT2D eigenvalue weighted by molar-refractivity contribution is 0.0697. The number of nitrogens with zero attached hydrogens (tertiary/aromatic N) is 2. The summed E-state index contributed by atoms with van der Waals surface area (Å²) in [6.07, 6.45) is 4.01. The van der Waals surface area contributed by atoms with Gasteiger partial charge in [0.2, 0.25) is 0 Å². The van der Waals surface area contributed by atoms with Crippen LogP contribution < -0.4 is 4.74 Å². The molecule has 0 aliphatic carbocycles. The van der Waals surface area contributed by atoms with Gasteiger partial charge in [-0.15, -0.1) is 0 Å².